The number of aliphatic carboxylic acids is 1. The molecule has 9 heteroatoms. The van der Waals surface area contributed by atoms with Gasteiger partial charge in [0.2, 0.25) is 0 Å². The summed E-state index contributed by atoms with van der Waals surface area (Å²) in [5.74, 6) is -1.54. The van der Waals surface area contributed by atoms with E-state index in [1.807, 2.05) is 72.8 Å². The van der Waals surface area contributed by atoms with E-state index in [9.17, 15) is 14.7 Å². The number of carboxylic acid groups (broad SMARTS) is 1. The zero-order valence-corrected chi connectivity index (χ0v) is 34.4. The van der Waals surface area contributed by atoms with E-state index < -0.39 is 12.0 Å². The molecule has 10 rings (SSSR count). The predicted molar refractivity (Wildman–Crippen MR) is 230 cm³/mol. The first-order valence-electron chi connectivity index (χ1n) is 19.4. The molecular weight excluding hydrogens is 742 g/mol. The molecule has 0 saturated carbocycles. The predicted octanol–water partition coefficient (Wildman–Crippen LogP) is 6.68. The Morgan fingerprint density at radius 1 is 0.508 bits per heavy atom. The number of hydrogen-bond donors (Lipinski definition) is 2. The van der Waals surface area contributed by atoms with E-state index in [2.05, 4.69) is 88.9 Å². The Bertz CT molecular complexity index is 2930. The molecule has 1 atom stereocenters. The number of benzene rings is 4. The van der Waals surface area contributed by atoms with Crippen LogP contribution in [0.2, 0.25) is 0 Å². The summed E-state index contributed by atoms with van der Waals surface area (Å²) in [4.78, 5) is 45.0. The number of H-pyrrole nitrogens is 2. The van der Waals surface area contributed by atoms with Gasteiger partial charge in [0.25, 0.3) is 5.91 Å². The maximum absolute atomic E-state index is 13.6. The van der Waals surface area contributed by atoms with Gasteiger partial charge in [-0.2, -0.15) is 0 Å². The molecule has 0 radical (unpaired) electrons. The second kappa shape index (κ2) is 16.0. The summed E-state index contributed by atoms with van der Waals surface area (Å²) in [6, 6.07) is 45.7. The number of carboxylic acids is 1. The fraction of sp³-hybridized carbons (Fsp3) is 0.0800. The number of aromatic amines is 2. The molecule has 6 heterocycles. The van der Waals surface area contributed by atoms with Crippen LogP contribution in [0.4, 0.5) is 0 Å². The molecule has 8 bridgehead atoms. The van der Waals surface area contributed by atoms with Crippen molar-refractivity contribution in [3.63, 3.8) is 0 Å². The van der Waals surface area contributed by atoms with Gasteiger partial charge in [0.05, 0.1) is 34.8 Å². The zero-order chi connectivity index (χ0) is 39.2. The van der Waals surface area contributed by atoms with Crippen molar-refractivity contribution in [2.45, 2.75) is 18.9 Å². The molecule has 1 fully saturated rings. The third-order valence-corrected chi connectivity index (χ3v) is 11.1. The number of rotatable bonds is 6. The summed E-state index contributed by atoms with van der Waals surface area (Å²) >= 11 is 0. The minimum absolute atomic E-state index is 0. The molecule has 2 N–H and O–H groups in total. The third kappa shape index (κ3) is 7.05. The number of carbonyl (C=O) groups is 2. The van der Waals surface area contributed by atoms with E-state index in [0.717, 1.165) is 89.4 Å². The van der Waals surface area contributed by atoms with E-state index in [-0.39, 0.29) is 35.5 Å². The van der Waals surface area contributed by atoms with Gasteiger partial charge in [-0.15, -0.1) is 0 Å². The van der Waals surface area contributed by atoms with Crippen molar-refractivity contribution in [1.82, 2.24) is 24.8 Å². The van der Waals surface area contributed by atoms with Crippen LogP contribution in [0.5, 0.6) is 0 Å². The summed E-state index contributed by atoms with van der Waals surface area (Å²) < 4.78 is 0. The van der Waals surface area contributed by atoms with Crippen LogP contribution in [-0.4, -0.2) is 49.3 Å². The molecule has 1 amide bonds. The Morgan fingerprint density at radius 3 is 1.22 bits per heavy atom. The quantitative estimate of drug-likeness (QED) is 0.183. The van der Waals surface area contributed by atoms with Crippen molar-refractivity contribution in [2.24, 2.45) is 0 Å². The third-order valence-electron chi connectivity index (χ3n) is 11.1. The molecule has 4 aromatic carbocycles. The van der Waals surface area contributed by atoms with Crippen molar-refractivity contribution in [2.75, 3.05) is 6.54 Å². The molecule has 3 aliphatic rings. The van der Waals surface area contributed by atoms with Gasteiger partial charge in [-0.25, -0.2) is 9.97 Å². The van der Waals surface area contributed by atoms with Gasteiger partial charge in [0.15, 0.2) is 0 Å². The molecule has 3 aromatic heterocycles. The number of nitrogens with one attached hydrogen (secondary N) is 2. The van der Waals surface area contributed by atoms with Crippen LogP contribution in [0.15, 0.2) is 140 Å². The number of aromatic nitrogens is 4. The average Bonchev–Trinajstić information content (AvgIpc) is 4.12. The van der Waals surface area contributed by atoms with Gasteiger partial charge in [0.1, 0.15) is 0 Å². The average molecular weight is 778 g/mol. The van der Waals surface area contributed by atoms with Crippen molar-refractivity contribution in [1.29, 1.82) is 0 Å². The Balaban J connectivity index is 0.00000449. The summed E-state index contributed by atoms with van der Waals surface area (Å²) in [5.41, 5.74) is 14.9. The second-order valence-electron chi connectivity index (χ2n) is 14.7. The van der Waals surface area contributed by atoms with Crippen LogP contribution in [0.3, 0.4) is 0 Å². The Labute approximate surface area is 363 Å². The van der Waals surface area contributed by atoms with E-state index in [1.54, 1.807) is 12.1 Å². The molecule has 8 nitrogen and oxygen atoms in total. The monoisotopic (exact) mass is 777 g/mol. The first-order valence-corrected chi connectivity index (χ1v) is 19.4. The van der Waals surface area contributed by atoms with Gasteiger partial charge in [-0.3, -0.25) is 4.79 Å². The second-order valence-corrected chi connectivity index (χ2v) is 14.7. The van der Waals surface area contributed by atoms with Crippen molar-refractivity contribution >= 4 is 58.2 Å². The first kappa shape index (κ1) is 38.0. The maximum Gasteiger partial charge on any atom is 1.00 e. The number of hydrogen-bond acceptors (Lipinski definition) is 5. The van der Waals surface area contributed by atoms with E-state index in [4.69, 9.17) is 9.97 Å². The Hall–Kier alpha value is -6.58. The summed E-state index contributed by atoms with van der Waals surface area (Å²) in [6.45, 7) is 0.385. The first-order chi connectivity index (χ1) is 28.5. The van der Waals surface area contributed by atoms with Gasteiger partial charge < -0.3 is 24.8 Å². The van der Waals surface area contributed by atoms with E-state index in [0.29, 0.717) is 24.9 Å². The topological polar surface area (TPSA) is 118 Å². The standard InChI is InChI=1S/C50H37N5O3.Na/c56-49(55-30-10-17-44(55)50(57)58)35-20-18-34(19-21-35)48-42-28-26-40(53-42)46(32-13-6-2-7-14-32)38-24-22-36(51-38)45(31-11-4-1-5-12-31)37-23-25-39(52-37)47(33-15-8-3-9-16-33)41-27-29-43(48)54-41;/h1-9,11-16,18-29,44,51,54H,10,17,30H2,(H,57,58);/q;+1/p-1/t44-;/m1./s1. The summed E-state index contributed by atoms with van der Waals surface area (Å²) in [5, 5.41) is 11.8. The van der Waals surface area contributed by atoms with Crippen molar-refractivity contribution in [3.05, 3.63) is 168 Å². The Morgan fingerprint density at radius 2 is 0.864 bits per heavy atom. The van der Waals surface area contributed by atoms with Crippen LogP contribution >= 0.6 is 0 Å². The van der Waals surface area contributed by atoms with Crippen molar-refractivity contribution in [3.8, 4) is 44.5 Å². The molecule has 1 saturated heterocycles. The molecule has 3 aliphatic heterocycles. The molecule has 0 unspecified atom stereocenters. The van der Waals surface area contributed by atoms with Crippen molar-refractivity contribution < 1.29 is 44.3 Å². The maximum atomic E-state index is 13.6. The molecule has 59 heavy (non-hydrogen) atoms. The minimum atomic E-state index is -1.22. The number of amides is 1. The number of fused-ring (bicyclic) bond motifs is 8. The number of likely N-dealkylation sites (tertiary alicyclic amines) is 1. The molecule has 0 spiro atoms. The minimum Gasteiger partial charge on any atom is -0.548 e. The SMILES string of the molecule is O=C([O-])[C@H]1CCCN1C(=O)c1ccc(-c2c3nc(c(-c4ccccc4)c4ccc([nH]4)c(-c4ccccc4)c4nc(c(-c5ccccc5)c5ccc2[nH]5)C=C4)C=C3)cc1.[Na+]. The molecule has 7 aromatic rings. The largest absolute Gasteiger partial charge is 1.00 e. The molecule has 0 aliphatic carbocycles. The fourth-order valence-corrected chi connectivity index (χ4v) is 8.43. The van der Waals surface area contributed by atoms with Crippen LogP contribution in [0.25, 0.3) is 90.9 Å². The normalized spacial score (nSPS) is 14.3. The fourth-order valence-electron chi connectivity index (χ4n) is 8.43. The number of nitrogens with zero attached hydrogens (tertiary/aromatic N) is 3. The molecular formula is C50H36N5NaO3. The zero-order valence-electron chi connectivity index (χ0n) is 32.4. The smallest absolute Gasteiger partial charge is 0.548 e. The summed E-state index contributed by atoms with van der Waals surface area (Å²) in [7, 11) is 0. The van der Waals surface area contributed by atoms with Gasteiger partial charge >= 0.3 is 29.6 Å². The van der Waals surface area contributed by atoms with E-state index >= 15 is 0 Å². The van der Waals surface area contributed by atoms with Gasteiger partial charge in [0, 0.05) is 56.4 Å². The van der Waals surface area contributed by atoms with Crippen LogP contribution < -0.4 is 34.7 Å². The van der Waals surface area contributed by atoms with Gasteiger partial charge in [-0.1, -0.05) is 103 Å². The summed E-state index contributed by atoms with van der Waals surface area (Å²) in [6.07, 6.45) is 9.29. The van der Waals surface area contributed by atoms with Crippen LogP contribution in [0.1, 0.15) is 46.0 Å². The van der Waals surface area contributed by atoms with Gasteiger partial charge in [-0.05, 0) is 95.8 Å². The van der Waals surface area contributed by atoms with E-state index in [1.165, 1.54) is 4.90 Å². The number of carbonyl (C=O) groups excluding carboxylic acids is 2. The van der Waals surface area contributed by atoms with Crippen LogP contribution in [0, 0.1) is 0 Å². The van der Waals surface area contributed by atoms with Crippen LogP contribution in [-0.2, 0) is 4.79 Å². The Kier molecular flexibility index (Phi) is 10.3. The molecule has 280 valence electrons.